The van der Waals surface area contributed by atoms with Crippen molar-refractivity contribution >= 4 is 28.5 Å². The third-order valence-corrected chi connectivity index (χ3v) is 3.35. The highest BCUT2D eigenvalue weighted by Gasteiger charge is 2.22. The number of primary amides is 1. The zero-order valence-corrected chi connectivity index (χ0v) is 12.2. The number of anilines is 1. The quantitative estimate of drug-likeness (QED) is 0.772. The fourth-order valence-corrected chi connectivity index (χ4v) is 2.23. The number of carbonyl (C=O) groups excluding carboxylic acids is 2. The highest BCUT2D eigenvalue weighted by molar-refractivity contribution is 6.13. The number of halogens is 1. The topological polar surface area (TPSA) is 98.5 Å². The number of fused-ring (bicyclic) bond motifs is 1. The molecule has 0 unspecified atom stereocenters. The van der Waals surface area contributed by atoms with E-state index in [0.29, 0.717) is 17.6 Å². The second-order valence-corrected chi connectivity index (χ2v) is 4.88. The molecule has 0 saturated carbocycles. The SMILES string of the molecule is CCc1ccc(C(=O)Nc2c(C(N)=O)oc3cc(F)ccc23)o1. The fraction of sp³-hybridized carbons (Fsp3) is 0.125. The van der Waals surface area contributed by atoms with Crippen LogP contribution in [0.15, 0.2) is 39.2 Å². The van der Waals surface area contributed by atoms with E-state index in [4.69, 9.17) is 14.6 Å². The van der Waals surface area contributed by atoms with E-state index in [9.17, 15) is 14.0 Å². The molecule has 0 radical (unpaired) electrons. The van der Waals surface area contributed by atoms with Gasteiger partial charge in [-0.05, 0) is 24.3 Å². The van der Waals surface area contributed by atoms with Crippen LogP contribution in [0.1, 0.15) is 33.8 Å². The summed E-state index contributed by atoms with van der Waals surface area (Å²) in [6.45, 7) is 1.89. The van der Waals surface area contributed by atoms with Crippen LogP contribution in [0, 0.1) is 5.82 Å². The van der Waals surface area contributed by atoms with E-state index >= 15 is 0 Å². The smallest absolute Gasteiger partial charge is 0.291 e. The lowest BCUT2D eigenvalue weighted by atomic mass is 10.2. The van der Waals surface area contributed by atoms with Gasteiger partial charge in [0.1, 0.15) is 22.8 Å². The van der Waals surface area contributed by atoms with E-state index in [0.717, 1.165) is 6.07 Å². The molecule has 2 amide bonds. The van der Waals surface area contributed by atoms with Gasteiger partial charge in [0, 0.05) is 17.9 Å². The van der Waals surface area contributed by atoms with Crippen molar-refractivity contribution in [3.63, 3.8) is 0 Å². The molecule has 0 aliphatic heterocycles. The van der Waals surface area contributed by atoms with Gasteiger partial charge in [0.05, 0.1) is 0 Å². The molecule has 2 aromatic heterocycles. The lowest BCUT2D eigenvalue weighted by molar-refractivity contribution is 0.0977. The van der Waals surface area contributed by atoms with E-state index in [2.05, 4.69) is 5.32 Å². The van der Waals surface area contributed by atoms with Gasteiger partial charge in [-0.15, -0.1) is 0 Å². The van der Waals surface area contributed by atoms with Crippen molar-refractivity contribution in [3.8, 4) is 0 Å². The number of rotatable bonds is 4. The first-order valence-electron chi connectivity index (χ1n) is 6.91. The maximum Gasteiger partial charge on any atom is 0.291 e. The van der Waals surface area contributed by atoms with Crippen molar-refractivity contribution < 1.29 is 22.8 Å². The van der Waals surface area contributed by atoms with Crippen LogP contribution in [-0.4, -0.2) is 11.8 Å². The van der Waals surface area contributed by atoms with Crippen LogP contribution in [0.4, 0.5) is 10.1 Å². The van der Waals surface area contributed by atoms with Crippen LogP contribution in [0.25, 0.3) is 11.0 Å². The maximum atomic E-state index is 13.3. The monoisotopic (exact) mass is 316 g/mol. The average Bonchev–Trinajstić information content (AvgIpc) is 3.12. The van der Waals surface area contributed by atoms with E-state index < -0.39 is 17.6 Å². The van der Waals surface area contributed by atoms with Crippen molar-refractivity contribution in [2.75, 3.05) is 5.32 Å². The van der Waals surface area contributed by atoms with Crippen molar-refractivity contribution in [1.82, 2.24) is 0 Å². The third kappa shape index (κ3) is 2.68. The number of aryl methyl sites for hydroxylation is 1. The Morgan fingerprint density at radius 2 is 2.00 bits per heavy atom. The Hall–Kier alpha value is -3.09. The van der Waals surface area contributed by atoms with Crippen LogP contribution in [-0.2, 0) is 6.42 Å². The number of carbonyl (C=O) groups is 2. The molecular weight excluding hydrogens is 303 g/mol. The van der Waals surface area contributed by atoms with Gasteiger partial charge in [0.25, 0.3) is 11.8 Å². The summed E-state index contributed by atoms with van der Waals surface area (Å²) in [6.07, 6.45) is 0.647. The Morgan fingerprint density at radius 3 is 2.65 bits per heavy atom. The van der Waals surface area contributed by atoms with E-state index in [1.165, 1.54) is 18.2 Å². The van der Waals surface area contributed by atoms with Crippen molar-refractivity contribution in [2.45, 2.75) is 13.3 Å². The van der Waals surface area contributed by atoms with Gasteiger partial charge in [-0.25, -0.2) is 4.39 Å². The lowest BCUT2D eigenvalue weighted by Gasteiger charge is -2.02. The van der Waals surface area contributed by atoms with Crippen LogP contribution >= 0.6 is 0 Å². The average molecular weight is 316 g/mol. The first kappa shape index (κ1) is 14.8. The number of nitrogens with two attached hydrogens (primary N) is 1. The van der Waals surface area contributed by atoms with Crippen LogP contribution in [0.5, 0.6) is 0 Å². The largest absolute Gasteiger partial charge is 0.456 e. The molecule has 1 aromatic carbocycles. The van der Waals surface area contributed by atoms with E-state index in [1.807, 2.05) is 6.92 Å². The summed E-state index contributed by atoms with van der Waals surface area (Å²) in [6, 6.07) is 6.92. The van der Waals surface area contributed by atoms with Crippen molar-refractivity contribution in [1.29, 1.82) is 0 Å². The number of hydrogen-bond donors (Lipinski definition) is 2. The lowest BCUT2D eigenvalue weighted by Crippen LogP contribution is -2.16. The summed E-state index contributed by atoms with van der Waals surface area (Å²) in [5, 5.41) is 2.91. The molecule has 3 aromatic rings. The van der Waals surface area contributed by atoms with Gasteiger partial charge in [-0.2, -0.15) is 0 Å². The highest BCUT2D eigenvalue weighted by Crippen LogP contribution is 2.31. The first-order valence-corrected chi connectivity index (χ1v) is 6.91. The molecule has 3 N–H and O–H groups in total. The predicted octanol–water partition coefficient (Wildman–Crippen LogP) is 3.08. The Morgan fingerprint density at radius 1 is 1.22 bits per heavy atom. The molecule has 0 atom stereocenters. The number of furan rings is 2. The molecule has 0 spiro atoms. The molecule has 7 heteroatoms. The number of benzene rings is 1. The molecule has 0 saturated heterocycles. The van der Waals surface area contributed by atoms with Crippen LogP contribution < -0.4 is 11.1 Å². The van der Waals surface area contributed by atoms with Crippen LogP contribution in [0.2, 0.25) is 0 Å². The van der Waals surface area contributed by atoms with Gasteiger partial charge in [-0.1, -0.05) is 6.92 Å². The maximum absolute atomic E-state index is 13.3. The molecule has 3 rings (SSSR count). The zero-order chi connectivity index (χ0) is 16.6. The fourth-order valence-electron chi connectivity index (χ4n) is 2.23. The second-order valence-electron chi connectivity index (χ2n) is 4.88. The van der Waals surface area contributed by atoms with Gasteiger partial charge in [0.15, 0.2) is 5.76 Å². The molecule has 0 aliphatic carbocycles. The second kappa shape index (κ2) is 5.60. The van der Waals surface area contributed by atoms with Crippen LogP contribution in [0.3, 0.4) is 0 Å². The van der Waals surface area contributed by atoms with E-state index in [1.54, 1.807) is 6.07 Å². The molecule has 0 fully saturated rings. The number of nitrogens with one attached hydrogen (secondary N) is 1. The summed E-state index contributed by atoms with van der Waals surface area (Å²) in [5.74, 6) is -1.46. The molecule has 0 aliphatic rings. The van der Waals surface area contributed by atoms with Crippen molar-refractivity contribution in [3.05, 3.63) is 53.4 Å². The Labute approximate surface area is 130 Å². The van der Waals surface area contributed by atoms with Gasteiger partial charge >= 0.3 is 0 Å². The zero-order valence-electron chi connectivity index (χ0n) is 12.2. The molecular formula is C16H13FN2O4. The standard InChI is InChI=1S/C16H13FN2O4/c1-2-9-4-6-11(22-9)16(21)19-13-10-5-3-8(17)7-12(10)23-14(13)15(18)20/h3-7H,2H2,1H3,(H2,18,20)(H,19,21). The number of hydrogen-bond acceptors (Lipinski definition) is 4. The molecule has 23 heavy (non-hydrogen) atoms. The Bertz CT molecular complexity index is 910. The summed E-state index contributed by atoms with van der Waals surface area (Å²) in [7, 11) is 0. The Kier molecular flexibility index (Phi) is 3.61. The summed E-state index contributed by atoms with van der Waals surface area (Å²) >= 11 is 0. The molecule has 118 valence electrons. The predicted molar refractivity (Wildman–Crippen MR) is 80.7 cm³/mol. The number of amides is 2. The van der Waals surface area contributed by atoms with Gasteiger partial charge in [0.2, 0.25) is 5.76 Å². The molecule has 0 bridgehead atoms. The molecule has 2 heterocycles. The molecule has 6 nitrogen and oxygen atoms in total. The van der Waals surface area contributed by atoms with E-state index in [-0.39, 0.29) is 22.8 Å². The first-order chi connectivity index (χ1) is 11.0. The summed E-state index contributed by atoms with van der Waals surface area (Å²) < 4.78 is 23.9. The van der Waals surface area contributed by atoms with Gasteiger partial charge < -0.3 is 19.9 Å². The summed E-state index contributed by atoms with van der Waals surface area (Å²) in [4.78, 5) is 23.8. The van der Waals surface area contributed by atoms with Crippen molar-refractivity contribution in [2.24, 2.45) is 5.73 Å². The highest BCUT2D eigenvalue weighted by atomic mass is 19.1. The Balaban J connectivity index is 2.02. The summed E-state index contributed by atoms with van der Waals surface area (Å²) in [5.41, 5.74) is 5.46. The van der Waals surface area contributed by atoms with Gasteiger partial charge in [-0.3, -0.25) is 9.59 Å². The third-order valence-electron chi connectivity index (χ3n) is 3.35. The minimum absolute atomic E-state index is 0.0898. The minimum atomic E-state index is -0.870. The normalized spacial score (nSPS) is 10.9. The minimum Gasteiger partial charge on any atom is -0.456 e.